The van der Waals surface area contributed by atoms with Crippen LogP contribution in [0.25, 0.3) is 0 Å². The van der Waals surface area contributed by atoms with Crippen molar-refractivity contribution in [3.05, 3.63) is 35.8 Å². The normalized spacial score (nSPS) is 10.3. The van der Waals surface area contributed by atoms with E-state index in [1.165, 1.54) is 6.20 Å². The molecular formula is C12H15N5O. The van der Waals surface area contributed by atoms with Crippen LogP contribution in [0.3, 0.4) is 0 Å². The van der Waals surface area contributed by atoms with Gasteiger partial charge in [0, 0.05) is 19.4 Å². The van der Waals surface area contributed by atoms with E-state index in [1.54, 1.807) is 16.8 Å². The van der Waals surface area contributed by atoms with Crippen molar-refractivity contribution in [2.45, 2.75) is 13.3 Å². The fraction of sp³-hybridized carbons (Fsp3) is 0.250. The average molecular weight is 245 g/mol. The predicted octanol–water partition coefficient (Wildman–Crippen LogP) is 1.22. The highest BCUT2D eigenvalue weighted by atomic mass is 16.1. The lowest BCUT2D eigenvalue weighted by Gasteiger charge is -2.04. The lowest BCUT2D eigenvalue weighted by atomic mass is 10.2. The molecule has 0 atom stereocenters. The molecule has 0 radical (unpaired) electrons. The number of nitrogens with zero attached hydrogens (tertiary/aromatic N) is 3. The van der Waals surface area contributed by atoms with Crippen molar-refractivity contribution in [2.24, 2.45) is 12.8 Å². The van der Waals surface area contributed by atoms with E-state index in [0.29, 0.717) is 11.4 Å². The molecule has 0 aliphatic carbocycles. The molecule has 18 heavy (non-hydrogen) atoms. The summed E-state index contributed by atoms with van der Waals surface area (Å²) in [5, 5.41) is 7.49. The Balaban J connectivity index is 2.20. The minimum Gasteiger partial charge on any atom is -0.366 e. The number of nitrogens with two attached hydrogens (primary N) is 1. The van der Waals surface area contributed by atoms with Crippen molar-refractivity contribution in [3.8, 4) is 0 Å². The molecule has 0 spiro atoms. The summed E-state index contributed by atoms with van der Waals surface area (Å²) >= 11 is 0. The van der Waals surface area contributed by atoms with Gasteiger partial charge in [-0.15, -0.1) is 0 Å². The van der Waals surface area contributed by atoms with E-state index in [9.17, 15) is 4.79 Å². The largest absolute Gasteiger partial charge is 0.366 e. The minimum atomic E-state index is -0.482. The number of aromatic nitrogens is 3. The van der Waals surface area contributed by atoms with E-state index >= 15 is 0 Å². The average Bonchev–Trinajstić information content (AvgIpc) is 2.70. The molecule has 6 heteroatoms. The van der Waals surface area contributed by atoms with Gasteiger partial charge in [0.1, 0.15) is 5.82 Å². The van der Waals surface area contributed by atoms with Gasteiger partial charge in [-0.05, 0) is 18.6 Å². The maximum Gasteiger partial charge on any atom is 0.250 e. The molecule has 0 aromatic carbocycles. The van der Waals surface area contributed by atoms with Gasteiger partial charge in [-0.25, -0.2) is 4.98 Å². The highest BCUT2D eigenvalue weighted by molar-refractivity contribution is 5.92. The third-order valence-electron chi connectivity index (χ3n) is 2.55. The number of aryl methyl sites for hydroxylation is 2. The van der Waals surface area contributed by atoms with Crippen molar-refractivity contribution in [3.63, 3.8) is 0 Å². The van der Waals surface area contributed by atoms with E-state index in [2.05, 4.69) is 15.4 Å². The van der Waals surface area contributed by atoms with Gasteiger partial charge in [0.05, 0.1) is 16.9 Å². The van der Waals surface area contributed by atoms with E-state index in [4.69, 9.17) is 5.73 Å². The minimum absolute atomic E-state index is 0.391. The number of carbonyl (C=O) groups excluding carboxylic acids is 1. The number of amides is 1. The van der Waals surface area contributed by atoms with Crippen LogP contribution in [0, 0.1) is 0 Å². The monoisotopic (exact) mass is 245 g/mol. The molecule has 6 nitrogen and oxygen atoms in total. The number of primary amides is 1. The summed E-state index contributed by atoms with van der Waals surface area (Å²) in [6.07, 6.45) is 4.18. The number of nitrogens with one attached hydrogen (secondary N) is 1. The predicted molar refractivity (Wildman–Crippen MR) is 68.6 cm³/mol. The van der Waals surface area contributed by atoms with Gasteiger partial charge in [0.15, 0.2) is 0 Å². The Labute approximate surface area is 105 Å². The summed E-state index contributed by atoms with van der Waals surface area (Å²) in [7, 11) is 1.87. The van der Waals surface area contributed by atoms with Crippen molar-refractivity contribution in [2.75, 3.05) is 5.32 Å². The Hall–Kier alpha value is -2.37. The maximum atomic E-state index is 10.9. The Morgan fingerprint density at radius 1 is 1.50 bits per heavy atom. The van der Waals surface area contributed by atoms with Crippen LogP contribution >= 0.6 is 0 Å². The Morgan fingerprint density at radius 2 is 2.28 bits per heavy atom. The van der Waals surface area contributed by atoms with Crippen LogP contribution in [0.1, 0.15) is 23.0 Å². The van der Waals surface area contributed by atoms with Gasteiger partial charge in [0.2, 0.25) is 5.91 Å². The number of pyridine rings is 1. The Morgan fingerprint density at radius 3 is 2.83 bits per heavy atom. The number of hydrogen-bond donors (Lipinski definition) is 2. The molecule has 1 amide bonds. The first-order valence-electron chi connectivity index (χ1n) is 5.65. The van der Waals surface area contributed by atoms with Crippen LogP contribution in [0.5, 0.6) is 0 Å². The molecule has 0 unspecified atom stereocenters. The first-order valence-corrected chi connectivity index (χ1v) is 5.65. The first-order chi connectivity index (χ1) is 8.60. The van der Waals surface area contributed by atoms with Crippen molar-refractivity contribution in [1.29, 1.82) is 0 Å². The second-order valence-corrected chi connectivity index (χ2v) is 3.94. The summed E-state index contributed by atoms with van der Waals surface area (Å²) in [6, 6.07) is 3.35. The summed E-state index contributed by atoms with van der Waals surface area (Å²) in [5.74, 6) is 0.173. The third kappa shape index (κ3) is 2.48. The van der Waals surface area contributed by atoms with Crippen LogP contribution in [-0.4, -0.2) is 20.7 Å². The highest BCUT2D eigenvalue weighted by Gasteiger charge is 2.07. The van der Waals surface area contributed by atoms with Gasteiger partial charge in [0.25, 0.3) is 0 Å². The Bertz CT molecular complexity index is 558. The number of rotatable bonds is 4. The smallest absolute Gasteiger partial charge is 0.250 e. The number of anilines is 2. The van der Waals surface area contributed by atoms with Crippen LogP contribution in [-0.2, 0) is 13.5 Å². The van der Waals surface area contributed by atoms with Gasteiger partial charge in [-0.3, -0.25) is 9.48 Å². The summed E-state index contributed by atoms with van der Waals surface area (Å²) in [4.78, 5) is 15.1. The van der Waals surface area contributed by atoms with Crippen LogP contribution in [0.15, 0.2) is 24.5 Å². The van der Waals surface area contributed by atoms with Gasteiger partial charge in [-0.2, -0.15) is 5.10 Å². The molecule has 0 aliphatic heterocycles. The zero-order valence-corrected chi connectivity index (χ0v) is 10.3. The second kappa shape index (κ2) is 4.87. The summed E-state index contributed by atoms with van der Waals surface area (Å²) in [6.45, 7) is 2.04. The topological polar surface area (TPSA) is 85.8 Å². The lowest BCUT2D eigenvalue weighted by molar-refractivity contribution is 0.1000. The van der Waals surface area contributed by atoms with Crippen molar-refractivity contribution < 1.29 is 4.79 Å². The van der Waals surface area contributed by atoms with E-state index < -0.39 is 5.91 Å². The van der Waals surface area contributed by atoms with E-state index in [0.717, 1.165) is 17.8 Å². The summed E-state index contributed by atoms with van der Waals surface area (Å²) < 4.78 is 1.75. The molecule has 3 N–H and O–H groups in total. The molecule has 0 bridgehead atoms. The molecule has 94 valence electrons. The van der Waals surface area contributed by atoms with Gasteiger partial charge in [-0.1, -0.05) is 6.92 Å². The molecular weight excluding hydrogens is 230 g/mol. The SMILES string of the molecule is CCc1nn(C)cc1Nc1ccc(C(N)=O)cn1. The molecule has 0 fully saturated rings. The molecule has 2 aromatic heterocycles. The van der Waals surface area contributed by atoms with Crippen molar-refractivity contribution in [1.82, 2.24) is 14.8 Å². The molecule has 2 aromatic rings. The molecule has 2 heterocycles. The van der Waals surface area contributed by atoms with Gasteiger partial charge < -0.3 is 11.1 Å². The fourth-order valence-electron chi connectivity index (χ4n) is 1.65. The van der Waals surface area contributed by atoms with Crippen LogP contribution < -0.4 is 11.1 Å². The van der Waals surface area contributed by atoms with Crippen molar-refractivity contribution >= 4 is 17.4 Å². The second-order valence-electron chi connectivity index (χ2n) is 3.94. The zero-order chi connectivity index (χ0) is 13.1. The zero-order valence-electron chi connectivity index (χ0n) is 10.3. The molecule has 0 saturated heterocycles. The van der Waals surface area contributed by atoms with E-state index in [1.807, 2.05) is 20.2 Å². The fourth-order valence-corrected chi connectivity index (χ4v) is 1.65. The van der Waals surface area contributed by atoms with E-state index in [-0.39, 0.29) is 0 Å². The first kappa shape index (κ1) is 12.1. The molecule has 0 saturated carbocycles. The van der Waals surface area contributed by atoms with Crippen LogP contribution in [0.4, 0.5) is 11.5 Å². The number of hydrogen-bond acceptors (Lipinski definition) is 4. The number of carbonyl (C=O) groups is 1. The van der Waals surface area contributed by atoms with Crippen LogP contribution in [0.2, 0.25) is 0 Å². The standard InChI is InChI=1S/C12H15N5O/c1-3-9-10(7-17(2)16-9)15-11-5-4-8(6-14-11)12(13)18/h4-7H,3H2,1-2H3,(H2,13,18)(H,14,15). The highest BCUT2D eigenvalue weighted by Crippen LogP contribution is 2.18. The lowest BCUT2D eigenvalue weighted by Crippen LogP contribution is -2.11. The molecule has 2 rings (SSSR count). The van der Waals surface area contributed by atoms with Gasteiger partial charge >= 0.3 is 0 Å². The molecule has 0 aliphatic rings. The quantitative estimate of drug-likeness (QED) is 0.848. The maximum absolute atomic E-state index is 10.9. The third-order valence-corrected chi connectivity index (χ3v) is 2.55. The Kier molecular flexibility index (Phi) is 3.27. The summed E-state index contributed by atoms with van der Waals surface area (Å²) in [5.41, 5.74) is 7.43.